The van der Waals surface area contributed by atoms with Crippen LogP contribution in [-0.4, -0.2) is 15.5 Å². The number of carbonyl (C=O) groups is 1. The van der Waals surface area contributed by atoms with E-state index in [1.165, 1.54) is 0 Å². The number of anilines is 1. The minimum absolute atomic E-state index is 0.245. The Labute approximate surface area is 172 Å². The Morgan fingerprint density at radius 3 is 2.69 bits per heavy atom. The Balaban J connectivity index is 1.42. The van der Waals surface area contributed by atoms with Crippen molar-refractivity contribution in [2.24, 2.45) is 7.05 Å². The van der Waals surface area contributed by atoms with E-state index in [-0.39, 0.29) is 11.7 Å². The van der Waals surface area contributed by atoms with Gasteiger partial charge in [0.15, 0.2) is 16.7 Å². The lowest BCUT2D eigenvalue weighted by Crippen LogP contribution is -2.11. The number of thioether (sulfide) groups is 1. The zero-order chi connectivity index (χ0) is 20.1. The molecule has 1 amide bonds. The summed E-state index contributed by atoms with van der Waals surface area (Å²) in [5.41, 5.74) is 0.571. The Hall–Kier alpha value is -3.45. The van der Waals surface area contributed by atoms with Crippen molar-refractivity contribution in [2.75, 3.05) is 5.32 Å². The second-order valence-electron chi connectivity index (χ2n) is 6.24. The molecule has 0 fully saturated rings. The molecule has 0 aliphatic carbocycles. The molecule has 2 aromatic heterocycles. The van der Waals surface area contributed by atoms with E-state index < -0.39 is 0 Å². The first-order valence-corrected chi connectivity index (χ1v) is 10.00. The number of hydrogen-bond acceptors (Lipinski definition) is 5. The zero-order valence-corrected chi connectivity index (χ0v) is 16.6. The Morgan fingerprint density at radius 1 is 1.10 bits per heavy atom. The average molecular weight is 405 g/mol. The highest BCUT2D eigenvalue weighted by Crippen LogP contribution is 2.30. The van der Waals surface area contributed by atoms with Gasteiger partial charge in [0, 0.05) is 19.4 Å². The summed E-state index contributed by atoms with van der Waals surface area (Å²) >= 11 is 1.55. The van der Waals surface area contributed by atoms with Crippen molar-refractivity contribution in [3.8, 4) is 11.5 Å². The third kappa shape index (κ3) is 4.70. The molecule has 1 N–H and O–H groups in total. The average Bonchev–Trinajstić information content (AvgIpc) is 3.37. The molecule has 4 rings (SSSR count). The molecule has 7 heteroatoms. The number of aryl methyl sites for hydroxylation is 1. The van der Waals surface area contributed by atoms with Crippen molar-refractivity contribution in [1.82, 2.24) is 9.55 Å². The molecule has 0 atom stereocenters. The Bertz CT molecular complexity index is 1110. The van der Waals surface area contributed by atoms with Crippen LogP contribution in [0.4, 0.5) is 5.69 Å². The van der Waals surface area contributed by atoms with E-state index >= 15 is 0 Å². The summed E-state index contributed by atoms with van der Waals surface area (Å²) in [4.78, 5) is 16.9. The molecular weight excluding hydrogens is 386 g/mol. The first-order valence-electron chi connectivity index (χ1n) is 9.01. The molecule has 0 saturated heterocycles. The first kappa shape index (κ1) is 18.9. The number of para-hydroxylation sites is 3. The highest BCUT2D eigenvalue weighted by molar-refractivity contribution is 7.98. The normalized spacial score (nSPS) is 10.7. The maximum atomic E-state index is 12.6. The summed E-state index contributed by atoms with van der Waals surface area (Å²) < 4.78 is 13.5. The molecule has 4 aromatic rings. The zero-order valence-electron chi connectivity index (χ0n) is 15.7. The van der Waals surface area contributed by atoms with Crippen molar-refractivity contribution < 1.29 is 13.9 Å². The fraction of sp³-hybridized carbons (Fsp3) is 0.0909. The fourth-order valence-electron chi connectivity index (χ4n) is 2.66. The van der Waals surface area contributed by atoms with Gasteiger partial charge in [-0.3, -0.25) is 4.79 Å². The topological polar surface area (TPSA) is 69.3 Å². The van der Waals surface area contributed by atoms with Gasteiger partial charge in [-0.2, -0.15) is 0 Å². The maximum Gasteiger partial charge on any atom is 0.291 e. The summed E-state index contributed by atoms with van der Waals surface area (Å²) in [5, 5.41) is 3.75. The smallest absolute Gasteiger partial charge is 0.291 e. The van der Waals surface area contributed by atoms with E-state index in [9.17, 15) is 4.79 Å². The minimum Gasteiger partial charge on any atom is -0.455 e. The van der Waals surface area contributed by atoms with Gasteiger partial charge in [0.25, 0.3) is 5.91 Å². The highest BCUT2D eigenvalue weighted by Gasteiger charge is 2.15. The van der Waals surface area contributed by atoms with Crippen LogP contribution in [0.3, 0.4) is 0 Å². The van der Waals surface area contributed by atoms with Gasteiger partial charge in [0.05, 0.1) is 11.4 Å². The van der Waals surface area contributed by atoms with Crippen LogP contribution in [0, 0.1) is 0 Å². The number of rotatable bonds is 7. The maximum absolute atomic E-state index is 12.6. The molecule has 0 aliphatic rings. The number of nitrogens with one attached hydrogen (secondary N) is 1. The number of nitrogens with zero attached hydrogens (tertiary/aromatic N) is 2. The predicted octanol–water partition coefficient (Wildman–Crippen LogP) is 5.35. The number of benzene rings is 2. The lowest BCUT2D eigenvalue weighted by atomic mass is 10.2. The van der Waals surface area contributed by atoms with Crippen LogP contribution in [0.5, 0.6) is 11.5 Å². The second-order valence-corrected chi connectivity index (χ2v) is 7.18. The van der Waals surface area contributed by atoms with Gasteiger partial charge in [-0.1, -0.05) is 42.1 Å². The number of amides is 1. The molecule has 146 valence electrons. The van der Waals surface area contributed by atoms with Crippen LogP contribution in [0.25, 0.3) is 0 Å². The standard InChI is InChI=1S/C22H19N3O3S/c1-25-14-13-23-22(25)29-15-17-11-12-20(28-17)21(26)24-18-9-5-6-10-19(18)27-16-7-3-2-4-8-16/h2-14H,15H2,1H3,(H,24,26). The van der Waals surface area contributed by atoms with Gasteiger partial charge < -0.3 is 19.0 Å². The number of carbonyl (C=O) groups excluding carboxylic acids is 1. The van der Waals surface area contributed by atoms with Gasteiger partial charge in [-0.25, -0.2) is 4.98 Å². The monoisotopic (exact) mass is 405 g/mol. The third-order valence-corrected chi connectivity index (χ3v) is 5.19. The molecule has 0 aliphatic heterocycles. The summed E-state index contributed by atoms with van der Waals surface area (Å²) in [6, 6.07) is 20.2. The van der Waals surface area contributed by atoms with E-state index in [0.717, 1.165) is 5.16 Å². The minimum atomic E-state index is -0.331. The van der Waals surface area contributed by atoms with Gasteiger partial charge in [0.1, 0.15) is 11.5 Å². The summed E-state index contributed by atoms with van der Waals surface area (Å²) in [5.74, 6) is 2.46. The van der Waals surface area contributed by atoms with E-state index in [0.29, 0.717) is 28.7 Å². The fourth-order valence-corrected chi connectivity index (χ4v) is 3.49. The molecule has 0 spiro atoms. The largest absolute Gasteiger partial charge is 0.455 e. The molecule has 0 saturated carbocycles. The van der Waals surface area contributed by atoms with Gasteiger partial charge >= 0.3 is 0 Å². The van der Waals surface area contributed by atoms with E-state index in [1.54, 1.807) is 42.2 Å². The van der Waals surface area contributed by atoms with Gasteiger partial charge in [-0.05, 0) is 36.4 Å². The third-order valence-electron chi connectivity index (χ3n) is 4.11. The Morgan fingerprint density at radius 2 is 1.90 bits per heavy atom. The summed E-state index contributed by atoms with van der Waals surface area (Å²) in [7, 11) is 1.94. The highest BCUT2D eigenvalue weighted by atomic mass is 32.2. The number of furan rings is 1. The van der Waals surface area contributed by atoms with Crippen molar-refractivity contribution >= 4 is 23.4 Å². The number of hydrogen-bond donors (Lipinski definition) is 1. The number of imidazole rings is 1. The lowest BCUT2D eigenvalue weighted by molar-refractivity contribution is 0.0995. The molecule has 2 heterocycles. The molecule has 0 radical (unpaired) electrons. The van der Waals surface area contributed by atoms with Gasteiger partial charge in [-0.15, -0.1) is 0 Å². The van der Waals surface area contributed by atoms with Crippen molar-refractivity contribution in [1.29, 1.82) is 0 Å². The SMILES string of the molecule is Cn1ccnc1SCc1ccc(C(=O)Nc2ccccc2Oc2ccccc2)o1. The molecule has 2 aromatic carbocycles. The van der Waals surface area contributed by atoms with Crippen molar-refractivity contribution in [2.45, 2.75) is 10.9 Å². The second kappa shape index (κ2) is 8.70. The molecule has 6 nitrogen and oxygen atoms in total. The molecule has 29 heavy (non-hydrogen) atoms. The van der Waals surface area contributed by atoms with E-state index in [1.807, 2.05) is 60.3 Å². The molecule has 0 bridgehead atoms. The number of aromatic nitrogens is 2. The van der Waals surface area contributed by atoms with Crippen molar-refractivity contribution in [3.05, 3.63) is 90.6 Å². The van der Waals surface area contributed by atoms with Crippen LogP contribution in [0.2, 0.25) is 0 Å². The molecular formula is C22H19N3O3S. The summed E-state index contributed by atoms with van der Waals surface area (Å²) in [6.07, 6.45) is 3.64. The summed E-state index contributed by atoms with van der Waals surface area (Å²) in [6.45, 7) is 0. The van der Waals surface area contributed by atoms with Crippen LogP contribution < -0.4 is 10.1 Å². The van der Waals surface area contributed by atoms with Crippen LogP contribution >= 0.6 is 11.8 Å². The van der Waals surface area contributed by atoms with Crippen molar-refractivity contribution in [3.63, 3.8) is 0 Å². The molecule has 0 unspecified atom stereocenters. The van der Waals surface area contributed by atoms with Crippen LogP contribution in [-0.2, 0) is 12.8 Å². The number of ether oxygens (including phenoxy) is 1. The van der Waals surface area contributed by atoms with Crippen LogP contribution in [0.15, 0.2) is 88.7 Å². The quantitative estimate of drug-likeness (QED) is 0.420. The van der Waals surface area contributed by atoms with Gasteiger partial charge in [0.2, 0.25) is 0 Å². The van der Waals surface area contributed by atoms with E-state index in [2.05, 4.69) is 10.3 Å². The lowest BCUT2D eigenvalue weighted by Gasteiger charge is -2.11. The Kier molecular flexibility index (Phi) is 5.67. The van der Waals surface area contributed by atoms with E-state index in [4.69, 9.17) is 9.15 Å². The van der Waals surface area contributed by atoms with Crippen LogP contribution in [0.1, 0.15) is 16.3 Å². The predicted molar refractivity (Wildman–Crippen MR) is 112 cm³/mol. The first-order chi connectivity index (χ1) is 14.2.